The molecule has 3 heterocycles. The topological polar surface area (TPSA) is 93.7 Å². The third-order valence-electron chi connectivity index (χ3n) is 5.87. The number of nitro groups is 1. The molecule has 0 aliphatic carbocycles. The second-order valence-electron chi connectivity index (χ2n) is 8.63. The van der Waals surface area contributed by atoms with Crippen molar-refractivity contribution >= 4 is 28.7 Å². The number of anilines is 1. The Bertz CT molecular complexity index is 1390. The van der Waals surface area contributed by atoms with Gasteiger partial charge in [-0.3, -0.25) is 15.1 Å². The van der Waals surface area contributed by atoms with E-state index in [1.165, 1.54) is 6.07 Å². The number of furan rings is 1. The highest BCUT2D eigenvalue weighted by molar-refractivity contribution is 7.80. The normalized spacial score (nSPS) is 17.3. The molecular weight excluding hydrogens is 476 g/mol. The molecule has 1 aliphatic rings. The van der Waals surface area contributed by atoms with E-state index in [0.29, 0.717) is 22.2 Å². The van der Waals surface area contributed by atoms with Crippen LogP contribution in [-0.4, -0.2) is 21.1 Å². The number of nitrogens with one attached hydrogen (secondary N) is 1. The van der Waals surface area contributed by atoms with Crippen molar-refractivity contribution < 1.29 is 14.1 Å². The van der Waals surface area contributed by atoms with E-state index in [0.717, 1.165) is 17.1 Å². The first-order valence-corrected chi connectivity index (χ1v) is 11.9. The Labute approximate surface area is 213 Å². The largest absolute Gasteiger partial charge is 0.491 e. The maximum Gasteiger partial charge on any atom is 0.280 e. The molecule has 1 aliphatic heterocycles. The van der Waals surface area contributed by atoms with Gasteiger partial charge in [0.1, 0.15) is 23.3 Å². The Kier molecular flexibility index (Phi) is 6.39. The number of rotatable bonds is 7. The number of pyridine rings is 1. The van der Waals surface area contributed by atoms with Crippen molar-refractivity contribution in [2.75, 3.05) is 4.90 Å². The van der Waals surface area contributed by atoms with E-state index in [-0.39, 0.29) is 23.9 Å². The fraction of sp³-hybridized carbons (Fsp3) is 0.185. The number of aromatic nitrogens is 1. The minimum absolute atomic E-state index is 0.0164. The minimum atomic E-state index is -0.409. The molecule has 1 saturated heterocycles. The third kappa shape index (κ3) is 4.52. The maximum absolute atomic E-state index is 11.6. The molecule has 0 bridgehead atoms. The van der Waals surface area contributed by atoms with Crippen LogP contribution in [0.4, 0.5) is 11.4 Å². The fourth-order valence-corrected chi connectivity index (χ4v) is 4.72. The molecule has 182 valence electrons. The number of para-hydroxylation sites is 1. The van der Waals surface area contributed by atoms with Crippen LogP contribution in [0.25, 0.3) is 11.3 Å². The predicted octanol–water partition coefficient (Wildman–Crippen LogP) is 6.21. The lowest BCUT2D eigenvalue weighted by Gasteiger charge is -2.26. The van der Waals surface area contributed by atoms with Crippen molar-refractivity contribution in [2.45, 2.75) is 32.0 Å². The molecule has 0 saturated carbocycles. The summed E-state index contributed by atoms with van der Waals surface area (Å²) in [4.78, 5) is 17.7. The lowest BCUT2D eigenvalue weighted by Crippen LogP contribution is -2.29. The zero-order valence-electron chi connectivity index (χ0n) is 19.7. The number of benzene rings is 2. The molecule has 0 radical (unpaired) electrons. The van der Waals surface area contributed by atoms with Gasteiger partial charge < -0.3 is 19.4 Å². The van der Waals surface area contributed by atoms with E-state index in [1.54, 1.807) is 30.5 Å². The van der Waals surface area contributed by atoms with Gasteiger partial charge in [0.2, 0.25) is 0 Å². The number of ether oxygens (including phenoxy) is 1. The van der Waals surface area contributed by atoms with E-state index < -0.39 is 4.92 Å². The second kappa shape index (κ2) is 9.79. The lowest BCUT2D eigenvalue weighted by molar-refractivity contribution is -0.384. The van der Waals surface area contributed by atoms with Crippen LogP contribution in [0.2, 0.25) is 0 Å². The van der Waals surface area contributed by atoms with Gasteiger partial charge in [-0.15, -0.1) is 0 Å². The summed E-state index contributed by atoms with van der Waals surface area (Å²) in [6.07, 6.45) is 1.80. The average molecular weight is 501 g/mol. The van der Waals surface area contributed by atoms with Crippen molar-refractivity contribution in [1.82, 2.24) is 10.3 Å². The van der Waals surface area contributed by atoms with Crippen LogP contribution >= 0.6 is 12.2 Å². The van der Waals surface area contributed by atoms with Crippen LogP contribution in [-0.2, 0) is 0 Å². The first-order valence-electron chi connectivity index (χ1n) is 11.5. The Morgan fingerprint density at radius 2 is 1.81 bits per heavy atom. The standard InChI is InChI=1S/C27H24N4O4S/c1-17(2)34-19-12-10-18(11-13-19)30-26(25(29-27(30)36)21-8-5-6-16-28-21)24-15-14-23(35-24)20-7-3-4-9-22(20)31(32)33/h3-17,25-26H,1-2H3,(H,29,36)/t25-,26+/m1/s1. The molecule has 0 amide bonds. The van der Waals surface area contributed by atoms with Gasteiger partial charge in [0.25, 0.3) is 5.69 Å². The quantitative estimate of drug-likeness (QED) is 0.182. The van der Waals surface area contributed by atoms with Gasteiger partial charge in [-0.05, 0) is 80.7 Å². The molecule has 8 nitrogen and oxygen atoms in total. The van der Waals surface area contributed by atoms with Crippen LogP contribution < -0.4 is 15.0 Å². The Hall–Kier alpha value is -4.24. The number of hydrogen-bond donors (Lipinski definition) is 1. The van der Waals surface area contributed by atoms with E-state index in [1.807, 2.05) is 67.3 Å². The van der Waals surface area contributed by atoms with Gasteiger partial charge in [0.05, 0.1) is 28.3 Å². The highest BCUT2D eigenvalue weighted by atomic mass is 32.1. The second-order valence-corrected chi connectivity index (χ2v) is 9.02. The summed E-state index contributed by atoms with van der Waals surface area (Å²) < 4.78 is 12.1. The molecule has 9 heteroatoms. The zero-order valence-corrected chi connectivity index (χ0v) is 20.5. The van der Waals surface area contributed by atoms with Crippen LogP contribution in [0.5, 0.6) is 5.75 Å². The van der Waals surface area contributed by atoms with Crippen LogP contribution in [0.15, 0.2) is 89.5 Å². The molecule has 2 atom stereocenters. The molecule has 5 rings (SSSR count). The Morgan fingerprint density at radius 1 is 1.06 bits per heavy atom. The number of nitrogens with zero attached hydrogens (tertiary/aromatic N) is 3. The molecule has 1 N–H and O–H groups in total. The van der Waals surface area contributed by atoms with Crippen molar-refractivity contribution in [2.24, 2.45) is 0 Å². The summed E-state index contributed by atoms with van der Waals surface area (Å²) in [6.45, 7) is 3.96. The van der Waals surface area contributed by atoms with Crippen LogP contribution in [0.3, 0.4) is 0 Å². The first kappa shape index (κ1) is 23.5. The molecule has 1 fully saturated rings. The lowest BCUT2D eigenvalue weighted by atomic mass is 10.0. The summed E-state index contributed by atoms with van der Waals surface area (Å²) >= 11 is 5.76. The van der Waals surface area contributed by atoms with Gasteiger partial charge >= 0.3 is 0 Å². The maximum atomic E-state index is 11.6. The number of hydrogen-bond acceptors (Lipinski definition) is 6. The molecular formula is C27H24N4O4S. The summed E-state index contributed by atoms with van der Waals surface area (Å²) in [5.74, 6) is 1.78. The van der Waals surface area contributed by atoms with E-state index in [9.17, 15) is 10.1 Å². The van der Waals surface area contributed by atoms with Crippen LogP contribution in [0.1, 0.15) is 37.4 Å². The van der Waals surface area contributed by atoms with E-state index >= 15 is 0 Å². The first-order chi connectivity index (χ1) is 17.4. The van der Waals surface area contributed by atoms with Crippen molar-refractivity contribution in [1.29, 1.82) is 0 Å². The fourth-order valence-electron chi connectivity index (χ4n) is 4.38. The average Bonchev–Trinajstić information content (AvgIpc) is 3.49. The zero-order chi connectivity index (χ0) is 25.2. The van der Waals surface area contributed by atoms with Gasteiger partial charge in [-0.2, -0.15) is 0 Å². The SMILES string of the molecule is CC(C)Oc1ccc(N2C(=S)N[C@H](c3ccccn3)[C@@H]2c2ccc(-c3ccccc3[N+](=O)[O-])o2)cc1. The summed E-state index contributed by atoms with van der Waals surface area (Å²) in [5, 5.41) is 15.5. The van der Waals surface area contributed by atoms with Gasteiger partial charge in [0.15, 0.2) is 5.11 Å². The Morgan fingerprint density at radius 3 is 2.50 bits per heavy atom. The molecule has 36 heavy (non-hydrogen) atoms. The third-order valence-corrected chi connectivity index (χ3v) is 6.18. The van der Waals surface area contributed by atoms with E-state index in [4.69, 9.17) is 21.4 Å². The van der Waals surface area contributed by atoms with Crippen molar-refractivity contribution in [3.63, 3.8) is 0 Å². The summed E-state index contributed by atoms with van der Waals surface area (Å²) in [7, 11) is 0. The molecule has 4 aromatic rings. The van der Waals surface area contributed by atoms with Gasteiger partial charge in [-0.1, -0.05) is 18.2 Å². The molecule has 2 aromatic carbocycles. The van der Waals surface area contributed by atoms with E-state index in [2.05, 4.69) is 10.3 Å². The smallest absolute Gasteiger partial charge is 0.280 e. The van der Waals surface area contributed by atoms with Gasteiger partial charge in [0, 0.05) is 18.0 Å². The summed E-state index contributed by atoms with van der Waals surface area (Å²) in [5.41, 5.74) is 2.06. The highest BCUT2D eigenvalue weighted by Gasteiger charge is 2.42. The van der Waals surface area contributed by atoms with Crippen molar-refractivity contribution in [3.05, 3.63) is 107 Å². The molecule has 0 unspecified atom stereocenters. The molecule has 2 aromatic heterocycles. The monoisotopic (exact) mass is 500 g/mol. The Balaban J connectivity index is 1.57. The van der Waals surface area contributed by atoms with Crippen molar-refractivity contribution in [3.8, 4) is 17.1 Å². The van der Waals surface area contributed by atoms with Crippen LogP contribution in [0, 0.1) is 10.1 Å². The van der Waals surface area contributed by atoms with Gasteiger partial charge in [-0.25, -0.2) is 0 Å². The minimum Gasteiger partial charge on any atom is -0.491 e. The number of nitro benzene ring substituents is 1. The number of thiocarbonyl (C=S) groups is 1. The highest BCUT2D eigenvalue weighted by Crippen LogP contribution is 2.43. The summed E-state index contributed by atoms with van der Waals surface area (Å²) in [6, 6.07) is 22.9. The molecule has 0 spiro atoms. The predicted molar refractivity (Wildman–Crippen MR) is 141 cm³/mol.